The standard InChI is InChI=1S/C61H100NO8P/c1-6-8-10-12-14-16-18-20-22-24-25-26-27-28-29-30-31-32-33-34-35-36-37-38-40-42-44-46-48-50-52-54-61(64)70-59(58-69-71(65,66)68-56-55-62(3,4)5)57-67-60(63)53-51-49-47-45-43-41-39-23-21-19-17-15-13-11-9-7-2/h8,10,14,16-17,19-20,22-23,25-26,28-29,31-32,34-35,37-39,42,44,59H,6-7,9,11-13,15,18,21,24,27,30,33,36,40-41,43,45-58H2,1-5H3/b10-8-,16-14-,19-17-,22-20-,26-25-,29-28-,32-31-,35-34-,38-37-,39-23-,44-42-. The summed E-state index contributed by atoms with van der Waals surface area (Å²) < 4.78 is 34.0. The van der Waals surface area contributed by atoms with Crippen LogP contribution < -0.4 is 4.89 Å². The van der Waals surface area contributed by atoms with Crippen molar-refractivity contribution in [3.05, 3.63) is 134 Å². The molecule has 0 aromatic carbocycles. The molecule has 0 heterocycles. The zero-order valence-electron chi connectivity index (χ0n) is 45.4. The summed E-state index contributed by atoms with van der Waals surface area (Å²) in [6.45, 7) is 4.02. The van der Waals surface area contributed by atoms with Crippen LogP contribution >= 0.6 is 7.82 Å². The molecule has 0 bridgehead atoms. The fourth-order valence-electron chi connectivity index (χ4n) is 6.68. The number of rotatable bonds is 48. The number of hydrogen-bond acceptors (Lipinski definition) is 8. The smallest absolute Gasteiger partial charge is 0.306 e. The third kappa shape index (κ3) is 55.3. The number of allylic oxidation sites excluding steroid dienone is 22. The molecular formula is C61H100NO8P. The maximum atomic E-state index is 12.8. The van der Waals surface area contributed by atoms with Crippen molar-refractivity contribution in [1.29, 1.82) is 0 Å². The third-order valence-corrected chi connectivity index (χ3v) is 11.9. The molecule has 10 heteroatoms. The summed E-state index contributed by atoms with van der Waals surface area (Å²) in [4.78, 5) is 37.8. The number of hydrogen-bond donors (Lipinski definition) is 0. The Morgan fingerprint density at radius 1 is 0.451 bits per heavy atom. The molecule has 0 radical (unpaired) electrons. The Kier molecular flexibility index (Phi) is 48.3. The van der Waals surface area contributed by atoms with Gasteiger partial charge in [0.15, 0.2) is 6.10 Å². The average Bonchev–Trinajstić information content (AvgIpc) is 3.33. The van der Waals surface area contributed by atoms with E-state index >= 15 is 0 Å². The van der Waals surface area contributed by atoms with Gasteiger partial charge in [-0.15, -0.1) is 0 Å². The SMILES string of the molecule is CC/C=C\C/C=C\C/C=C\C/C=C\C/C=C\C/C=C\C/C=C\C/C=C\C/C=C\CCCCCC(=O)OC(COC(=O)CCCCCCC/C=C\C/C=C\CCCCCC)COP(=O)([O-])OCC[N+](C)(C)C. The van der Waals surface area contributed by atoms with E-state index in [9.17, 15) is 19.0 Å². The van der Waals surface area contributed by atoms with Gasteiger partial charge in [0.05, 0.1) is 27.7 Å². The Hall–Kier alpha value is -3.85. The molecule has 71 heavy (non-hydrogen) atoms. The summed E-state index contributed by atoms with van der Waals surface area (Å²) in [5, 5.41) is 0. The molecule has 0 spiro atoms. The minimum absolute atomic E-state index is 0.0480. The van der Waals surface area contributed by atoms with Crippen molar-refractivity contribution in [2.45, 2.75) is 193 Å². The molecule has 0 N–H and O–H groups in total. The molecule has 0 aromatic rings. The Labute approximate surface area is 434 Å². The van der Waals surface area contributed by atoms with Crippen LogP contribution in [-0.2, 0) is 32.7 Å². The predicted molar refractivity (Wildman–Crippen MR) is 300 cm³/mol. The lowest BCUT2D eigenvalue weighted by Gasteiger charge is -2.28. The highest BCUT2D eigenvalue weighted by atomic mass is 31.2. The van der Waals surface area contributed by atoms with Gasteiger partial charge in [0.2, 0.25) is 0 Å². The number of unbranched alkanes of at least 4 members (excludes halogenated alkanes) is 12. The van der Waals surface area contributed by atoms with Crippen molar-refractivity contribution in [2.24, 2.45) is 0 Å². The van der Waals surface area contributed by atoms with E-state index in [4.69, 9.17) is 18.5 Å². The molecule has 0 aromatic heterocycles. The van der Waals surface area contributed by atoms with Gasteiger partial charge in [-0.1, -0.05) is 192 Å². The first-order chi connectivity index (χ1) is 34.5. The maximum absolute atomic E-state index is 12.8. The Morgan fingerprint density at radius 3 is 1.21 bits per heavy atom. The molecule has 0 saturated carbocycles. The second-order valence-electron chi connectivity index (χ2n) is 18.9. The van der Waals surface area contributed by atoms with E-state index in [0.29, 0.717) is 23.9 Å². The molecule has 2 atom stereocenters. The van der Waals surface area contributed by atoms with Crippen LogP contribution in [0.1, 0.15) is 187 Å². The monoisotopic (exact) mass is 1010 g/mol. The lowest BCUT2D eigenvalue weighted by atomic mass is 10.1. The number of esters is 2. The van der Waals surface area contributed by atoms with Gasteiger partial charge in [0.25, 0.3) is 7.82 Å². The van der Waals surface area contributed by atoms with Gasteiger partial charge in [-0.25, -0.2) is 0 Å². The Morgan fingerprint density at radius 2 is 0.803 bits per heavy atom. The van der Waals surface area contributed by atoms with E-state index in [1.165, 1.54) is 32.1 Å². The van der Waals surface area contributed by atoms with Crippen molar-refractivity contribution < 1.29 is 42.1 Å². The van der Waals surface area contributed by atoms with Crippen LogP contribution in [0, 0.1) is 0 Å². The van der Waals surface area contributed by atoms with Crippen LogP contribution in [0.3, 0.4) is 0 Å². The topological polar surface area (TPSA) is 111 Å². The van der Waals surface area contributed by atoms with Gasteiger partial charge in [-0.3, -0.25) is 14.2 Å². The molecule has 402 valence electrons. The average molecular weight is 1010 g/mol. The highest BCUT2D eigenvalue weighted by Crippen LogP contribution is 2.38. The molecule has 0 aliphatic rings. The van der Waals surface area contributed by atoms with Crippen molar-refractivity contribution >= 4 is 19.8 Å². The highest BCUT2D eigenvalue weighted by Gasteiger charge is 2.21. The van der Waals surface area contributed by atoms with Gasteiger partial charge in [-0.2, -0.15) is 0 Å². The summed E-state index contributed by atoms with van der Waals surface area (Å²) in [5.74, 6) is -0.900. The molecular weight excluding hydrogens is 906 g/mol. The number of carbonyl (C=O) groups is 2. The number of likely N-dealkylation sites (N-methyl/N-ethyl adjacent to an activating group) is 1. The van der Waals surface area contributed by atoms with Crippen LogP contribution in [0.5, 0.6) is 0 Å². The fraction of sp³-hybridized carbons (Fsp3) is 0.607. The molecule has 0 fully saturated rings. The number of quaternary nitrogens is 1. The molecule has 0 amide bonds. The number of ether oxygens (including phenoxy) is 2. The largest absolute Gasteiger partial charge is 0.756 e. The number of carbonyl (C=O) groups excluding carboxylic acids is 2. The summed E-state index contributed by atoms with van der Waals surface area (Å²) in [6.07, 6.45) is 73.5. The zero-order valence-corrected chi connectivity index (χ0v) is 46.3. The van der Waals surface area contributed by atoms with Crippen LogP contribution in [0.25, 0.3) is 0 Å². The van der Waals surface area contributed by atoms with E-state index in [-0.39, 0.29) is 26.1 Å². The van der Waals surface area contributed by atoms with Crippen molar-refractivity contribution in [1.82, 2.24) is 0 Å². The summed E-state index contributed by atoms with van der Waals surface area (Å²) in [6, 6.07) is 0. The van der Waals surface area contributed by atoms with Gasteiger partial charge >= 0.3 is 11.9 Å². The van der Waals surface area contributed by atoms with Gasteiger partial charge in [0.1, 0.15) is 19.8 Å². The Bertz CT molecular complexity index is 1660. The molecule has 0 rings (SSSR count). The minimum Gasteiger partial charge on any atom is -0.756 e. The third-order valence-electron chi connectivity index (χ3n) is 10.9. The maximum Gasteiger partial charge on any atom is 0.306 e. The lowest BCUT2D eigenvalue weighted by Crippen LogP contribution is -2.37. The summed E-state index contributed by atoms with van der Waals surface area (Å²) >= 11 is 0. The first kappa shape index (κ1) is 67.1. The number of phosphoric ester groups is 1. The molecule has 0 saturated heterocycles. The minimum atomic E-state index is -4.66. The van der Waals surface area contributed by atoms with Crippen LogP contribution in [0.2, 0.25) is 0 Å². The highest BCUT2D eigenvalue weighted by molar-refractivity contribution is 7.45. The van der Waals surface area contributed by atoms with Gasteiger partial charge in [-0.05, 0) is 116 Å². The van der Waals surface area contributed by atoms with E-state index in [1.54, 1.807) is 0 Å². The quantitative estimate of drug-likeness (QED) is 0.0195. The molecule has 2 unspecified atom stereocenters. The zero-order chi connectivity index (χ0) is 52.0. The Balaban J connectivity index is 4.33. The van der Waals surface area contributed by atoms with Crippen molar-refractivity contribution in [3.63, 3.8) is 0 Å². The second kappa shape index (κ2) is 51.1. The van der Waals surface area contributed by atoms with Gasteiger partial charge in [0, 0.05) is 12.8 Å². The summed E-state index contributed by atoms with van der Waals surface area (Å²) in [7, 11) is 1.11. The molecule has 0 aliphatic carbocycles. The summed E-state index contributed by atoms with van der Waals surface area (Å²) in [5.41, 5.74) is 0. The number of phosphoric acid groups is 1. The van der Waals surface area contributed by atoms with Crippen molar-refractivity contribution in [2.75, 3.05) is 47.5 Å². The van der Waals surface area contributed by atoms with E-state index < -0.39 is 32.5 Å². The van der Waals surface area contributed by atoms with Crippen LogP contribution in [0.4, 0.5) is 0 Å². The molecule has 9 nitrogen and oxygen atoms in total. The molecule has 0 aliphatic heterocycles. The first-order valence-electron chi connectivity index (χ1n) is 27.4. The predicted octanol–water partition coefficient (Wildman–Crippen LogP) is 16.3. The van der Waals surface area contributed by atoms with Crippen LogP contribution in [0.15, 0.2) is 134 Å². The second-order valence-corrected chi connectivity index (χ2v) is 20.3. The normalized spacial score (nSPS) is 14.4. The fourth-order valence-corrected chi connectivity index (χ4v) is 7.40. The van der Waals surface area contributed by atoms with E-state index in [2.05, 4.69) is 148 Å². The lowest BCUT2D eigenvalue weighted by molar-refractivity contribution is -0.870. The van der Waals surface area contributed by atoms with E-state index in [1.807, 2.05) is 21.1 Å². The van der Waals surface area contributed by atoms with Gasteiger partial charge < -0.3 is 27.9 Å². The van der Waals surface area contributed by atoms with Crippen molar-refractivity contribution in [3.8, 4) is 0 Å². The van der Waals surface area contributed by atoms with Crippen LogP contribution in [-0.4, -0.2) is 70.0 Å². The first-order valence-corrected chi connectivity index (χ1v) is 28.9. The number of nitrogens with zero attached hydrogens (tertiary/aromatic N) is 1. The van der Waals surface area contributed by atoms with E-state index in [0.717, 1.165) is 116 Å².